The summed E-state index contributed by atoms with van der Waals surface area (Å²) in [6.07, 6.45) is 3.44. The van der Waals surface area contributed by atoms with Gasteiger partial charge in [-0.25, -0.2) is 0 Å². The number of aryl methyl sites for hydroxylation is 1. The highest BCUT2D eigenvalue weighted by atomic mass is 16.5. The van der Waals surface area contributed by atoms with Gasteiger partial charge in [0.05, 0.1) is 12.8 Å². The summed E-state index contributed by atoms with van der Waals surface area (Å²) in [5, 5.41) is 6.04. The molecule has 0 atom stereocenters. The lowest BCUT2D eigenvalue weighted by Gasteiger charge is -2.25. The summed E-state index contributed by atoms with van der Waals surface area (Å²) in [7, 11) is 4.79. The van der Waals surface area contributed by atoms with Crippen LogP contribution in [0.5, 0.6) is 5.75 Å². The van der Waals surface area contributed by atoms with Gasteiger partial charge in [0.25, 0.3) is 17.4 Å². The van der Waals surface area contributed by atoms with Gasteiger partial charge in [0.2, 0.25) is 0 Å². The number of piperidine rings is 1. The van der Waals surface area contributed by atoms with E-state index >= 15 is 0 Å². The van der Waals surface area contributed by atoms with E-state index in [1.807, 2.05) is 0 Å². The average Bonchev–Trinajstić information content (AvgIpc) is 2.73. The summed E-state index contributed by atoms with van der Waals surface area (Å²) in [4.78, 5) is 40.0. The molecule has 2 N–H and O–H groups in total. The van der Waals surface area contributed by atoms with Gasteiger partial charge in [-0.2, -0.15) is 0 Å². The van der Waals surface area contributed by atoms with Gasteiger partial charge in [-0.1, -0.05) is 0 Å². The standard InChI is InChI=1S/C22H28N4O4/c1-14-9-12-26(16-7-10-23-11-8-16)22(29)19(14)20(27)24-17-13-15(21(28)25(2)3)5-6-18(17)30-4/h5-6,9,12-13,16,23H,7-8,10-11H2,1-4H3,(H,24,27). The number of nitrogens with one attached hydrogen (secondary N) is 2. The molecule has 0 spiro atoms. The second-order valence-electron chi connectivity index (χ2n) is 7.64. The van der Waals surface area contributed by atoms with E-state index in [0.29, 0.717) is 22.6 Å². The van der Waals surface area contributed by atoms with Crippen LogP contribution in [0.1, 0.15) is 45.2 Å². The van der Waals surface area contributed by atoms with Crippen LogP contribution in [-0.2, 0) is 0 Å². The summed E-state index contributed by atoms with van der Waals surface area (Å²) in [5.41, 5.74) is 1.14. The Morgan fingerprint density at radius 1 is 1.20 bits per heavy atom. The third-order valence-corrected chi connectivity index (χ3v) is 5.36. The number of pyridine rings is 1. The Hall–Kier alpha value is -3.13. The van der Waals surface area contributed by atoms with Gasteiger partial charge >= 0.3 is 0 Å². The fraction of sp³-hybridized carbons (Fsp3) is 0.409. The molecule has 2 heterocycles. The van der Waals surface area contributed by atoms with Crippen LogP contribution in [0.2, 0.25) is 0 Å². The van der Waals surface area contributed by atoms with Gasteiger partial charge in [0.15, 0.2) is 0 Å². The van der Waals surface area contributed by atoms with Gasteiger partial charge < -0.3 is 24.8 Å². The molecular weight excluding hydrogens is 384 g/mol. The number of rotatable bonds is 5. The first-order valence-corrected chi connectivity index (χ1v) is 9.97. The smallest absolute Gasteiger partial charge is 0.263 e. The molecule has 0 bridgehead atoms. The predicted molar refractivity (Wildman–Crippen MR) is 116 cm³/mol. The molecule has 1 aliphatic rings. The number of carbonyl (C=O) groups excluding carboxylic acids is 2. The second-order valence-corrected chi connectivity index (χ2v) is 7.64. The maximum atomic E-state index is 13.1. The molecule has 1 fully saturated rings. The Kier molecular flexibility index (Phi) is 6.56. The lowest BCUT2D eigenvalue weighted by molar-refractivity contribution is 0.0827. The Morgan fingerprint density at radius 2 is 1.90 bits per heavy atom. The molecule has 0 aliphatic carbocycles. The normalized spacial score (nSPS) is 14.3. The SMILES string of the molecule is COc1ccc(C(=O)N(C)C)cc1NC(=O)c1c(C)ccn(C2CCNCC2)c1=O. The highest BCUT2D eigenvalue weighted by Gasteiger charge is 2.22. The number of benzene rings is 1. The number of methoxy groups -OCH3 is 1. The van der Waals surface area contributed by atoms with Gasteiger partial charge in [-0.15, -0.1) is 0 Å². The Morgan fingerprint density at radius 3 is 2.53 bits per heavy atom. The molecule has 0 radical (unpaired) electrons. The topological polar surface area (TPSA) is 92.7 Å². The number of hydrogen-bond donors (Lipinski definition) is 2. The molecule has 160 valence electrons. The van der Waals surface area contributed by atoms with Crippen molar-refractivity contribution in [1.82, 2.24) is 14.8 Å². The first-order chi connectivity index (χ1) is 14.3. The van der Waals surface area contributed by atoms with Crippen LogP contribution < -0.4 is 20.9 Å². The molecule has 0 saturated carbocycles. The lowest BCUT2D eigenvalue weighted by atomic mass is 10.0. The second kappa shape index (κ2) is 9.13. The number of nitrogens with zero attached hydrogens (tertiary/aromatic N) is 2. The van der Waals surface area contributed by atoms with Crippen LogP contribution in [0.3, 0.4) is 0 Å². The Bertz CT molecular complexity index is 1010. The summed E-state index contributed by atoms with van der Waals surface area (Å²) in [5.74, 6) is -0.309. The maximum absolute atomic E-state index is 13.1. The molecule has 2 aromatic rings. The summed E-state index contributed by atoms with van der Waals surface area (Å²) < 4.78 is 6.99. The van der Waals surface area contributed by atoms with Crippen molar-refractivity contribution in [2.75, 3.05) is 39.6 Å². The fourth-order valence-electron chi connectivity index (χ4n) is 3.67. The van der Waals surface area contributed by atoms with E-state index < -0.39 is 5.91 Å². The van der Waals surface area contributed by atoms with Crippen molar-refractivity contribution in [2.24, 2.45) is 0 Å². The number of anilines is 1. The molecule has 1 aromatic carbocycles. The van der Waals surface area contributed by atoms with Crippen molar-refractivity contribution in [2.45, 2.75) is 25.8 Å². The van der Waals surface area contributed by atoms with E-state index in [1.165, 1.54) is 12.0 Å². The minimum Gasteiger partial charge on any atom is -0.495 e. The minimum atomic E-state index is -0.520. The average molecular weight is 412 g/mol. The van der Waals surface area contributed by atoms with Crippen molar-refractivity contribution in [3.63, 3.8) is 0 Å². The number of hydrogen-bond acceptors (Lipinski definition) is 5. The van der Waals surface area contributed by atoms with Crippen molar-refractivity contribution >= 4 is 17.5 Å². The Balaban J connectivity index is 1.95. The molecular formula is C22H28N4O4. The highest BCUT2D eigenvalue weighted by Crippen LogP contribution is 2.27. The van der Waals surface area contributed by atoms with Crippen LogP contribution in [0.15, 0.2) is 35.3 Å². The molecule has 1 aliphatic heterocycles. The molecule has 1 saturated heterocycles. The van der Waals surface area contributed by atoms with E-state index in [9.17, 15) is 14.4 Å². The molecule has 8 heteroatoms. The van der Waals surface area contributed by atoms with Crippen molar-refractivity contribution < 1.29 is 14.3 Å². The highest BCUT2D eigenvalue weighted by molar-refractivity contribution is 6.06. The molecule has 2 amide bonds. The van der Waals surface area contributed by atoms with Gasteiger partial charge in [0, 0.05) is 31.9 Å². The van der Waals surface area contributed by atoms with Crippen LogP contribution in [0.25, 0.3) is 0 Å². The number of amides is 2. The van der Waals surface area contributed by atoms with E-state index in [2.05, 4.69) is 10.6 Å². The molecule has 8 nitrogen and oxygen atoms in total. The third kappa shape index (κ3) is 4.38. The summed E-state index contributed by atoms with van der Waals surface area (Å²) in [6.45, 7) is 3.43. The van der Waals surface area contributed by atoms with Crippen molar-refractivity contribution in [3.8, 4) is 5.75 Å². The first kappa shape index (κ1) is 21.6. The number of ether oxygens (including phenoxy) is 1. The van der Waals surface area contributed by atoms with Crippen LogP contribution in [0.4, 0.5) is 5.69 Å². The van der Waals surface area contributed by atoms with E-state index in [-0.39, 0.29) is 23.1 Å². The van der Waals surface area contributed by atoms with Gasteiger partial charge in [-0.05, 0) is 62.7 Å². The maximum Gasteiger partial charge on any atom is 0.263 e. The first-order valence-electron chi connectivity index (χ1n) is 9.97. The van der Waals surface area contributed by atoms with E-state index in [4.69, 9.17) is 4.74 Å². The lowest BCUT2D eigenvalue weighted by Crippen LogP contribution is -2.37. The predicted octanol–water partition coefficient (Wildman–Crippen LogP) is 2.04. The quantitative estimate of drug-likeness (QED) is 0.784. The zero-order valence-electron chi connectivity index (χ0n) is 17.8. The largest absolute Gasteiger partial charge is 0.495 e. The van der Waals surface area contributed by atoms with E-state index in [1.54, 1.807) is 56.0 Å². The summed E-state index contributed by atoms with van der Waals surface area (Å²) in [6, 6.07) is 6.68. The molecule has 1 aromatic heterocycles. The zero-order valence-corrected chi connectivity index (χ0v) is 17.8. The van der Waals surface area contributed by atoms with Gasteiger partial charge in [0.1, 0.15) is 11.3 Å². The van der Waals surface area contributed by atoms with Crippen LogP contribution >= 0.6 is 0 Å². The van der Waals surface area contributed by atoms with Gasteiger partial charge in [-0.3, -0.25) is 14.4 Å². The molecule has 30 heavy (non-hydrogen) atoms. The molecule has 3 rings (SSSR count). The zero-order chi connectivity index (χ0) is 21.8. The van der Waals surface area contributed by atoms with Crippen LogP contribution in [0, 0.1) is 6.92 Å². The third-order valence-electron chi connectivity index (χ3n) is 5.36. The van der Waals surface area contributed by atoms with Crippen LogP contribution in [-0.4, -0.2) is 55.6 Å². The van der Waals surface area contributed by atoms with Crippen molar-refractivity contribution in [3.05, 3.63) is 57.5 Å². The monoisotopic (exact) mass is 412 g/mol. The number of carbonyl (C=O) groups is 2. The number of aromatic nitrogens is 1. The Labute approximate surface area is 175 Å². The van der Waals surface area contributed by atoms with Crippen molar-refractivity contribution in [1.29, 1.82) is 0 Å². The fourth-order valence-corrected chi connectivity index (χ4v) is 3.67. The van der Waals surface area contributed by atoms with E-state index in [0.717, 1.165) is 25.9 Å². The summed E-state index contributed by atoms with van der Waals surface area (Å²) >= 11 is 0. The molecule has 0 unspecified atom stereocenters. The minimum absolute atomic E-state index is 0.0708.